The van der Waals surface area contributed by atoms with Gasteiger partial charge in [0.15, 0.2) is 0 Å². The molecule has 1 aliphatic heterocycles. The molecule has 13 heavy (non-hydrogen) atoms. The highest BCUT2D eigenvalue weighted by Crippen LogP contribution is 2.17. The second-order valence-corrected chi connectivity index (χ2v) is 3.89. The minimum Gasteiger partial charge on any atom is -0.394 e. The molecule has 0 spiro atoms. The molecule has 4 heteroatoms. The number of nitrogens with zero attached hydrogens (tertiary/aromatic N) is 1. The van der Waals surface area contributed by atoms with Crippen molar-refractivity contribution in [3.05, 3.63) is 0 Å². The lowest BCUT2D eigenvalue weighted by Gasteiger charge is -2.21. The maximum Gasteiger partial charge on any atom is 0.0624 e. The second kappa shape index (κ2) is 4.91. The predicted molar refractivity (Wildman–Crippen MR) is 51.6 cm³/mol. The van der Waals surface area contributed by atoms with E-state index in [1.165, 1.54) is 0 Å². The summed E-state index contributed by atoms with van der Waals surface area (Å²) in [7, 11) is 1.71. The van der Waals surface area contributed by atoms with E-state index in [0.29, 0.717) is 0 Å². The maximum atomic E-state index is 9.04. The van der Waals surface area contributed by atoms with Gasteiger partial charge in [-0.15, -0.1) is 0 Å². The van der Waals surface area contributed by atoms with E-state index in [1.54, 1.807) is 7.11 Å². The number of likely N-dealkylation sites (tertiary alicyclic amines) is 1. The third-order valence-electron chi connectivity index (χ3n) is 2.60. The van der Waals surface area contributed by atoms with E-state index in [-0.39, 0.29) is 12.1 Å². The van der Waals surface area contributed by atoms with Crippen LogP contribution in [0.1, 0.15) is 12.8 Å². The first-order valence-corrected chi connectivity index (χ1v) is 4.81. The van der Waals surface area contributed by atoms with Crippen LogP contribution in [0.3, 0.4) is 0 Å². The fraction of sp³-hybridized carbons (Fsp3) is 1.00. The summed E-state index contributed by atoms with van der Waals surface area (Å²) in [6.45, 7) is 3.72. The Bertz CT molecular complexity index is 155. The van der Waals surface area contributed by atoms with Gasteiger partial charge in [0, 0.05) is 33.4 Å². The molecule has 0 aromatic rings. The Balaban J connectivity index is 2.17. The second-order valence-electron chi connectivity index (χ2n) is 3.89. The van der Waals surface area contributed by atoms with Crippen molar-refractivity contribution >= 4 is 0 Å². The van der Waals surface area contributed by atoms with E-state index in [4.69, 9.17) is 15.6 Å². The van der Waals surface area contributed by atoms with Crippen molar-refractivity contribution in [1.29, 1.82) is 0 Å². The van der Waals surface area contributed by atoms with Crippen molar-refractivity contribution < 1.29 is 9.84 Å². The van der Waals surface area contributed by atoms with Gasteiger partial charge in [-0.3, -0.25) is 0 Å². The molecule has 0 bridgehead atoms. The molecule has 1 rings (SSSR count). The molecule has 0 saturated carbocycles. The number of aliphatic hydroxyl groups is 1. The third kappa shape index (κ3) is 3.23. The van der Waals surface area contributed by atoms with Crippen LogP contribution < -0.4 is 5.73 Å². The Morgan fingerprint density at radius 3 is 2.92 bits per heavy atom. The van der Waals surface area contributed by atoms with Crippen molar-refractivity contribution in [2.24, 2.45) is 5.73 Å². The minimum atomic E-state index is -0.354. The van der Waals surface area contributed by atoms with Gasteiger partial charge in [0.25, 0.3) is 0 Å². The molecule has 0 radical (unpaired) electrons. The van der Waals surface area contributed by atoms with E-state index in [2.05, 4.69) is 4.90 Å². The normalized spacial score (nSPS) is 29.8. The molecular weight excluding hydrogens is 168 g/mol. The number of rotatable bonds is 5. The van der Waals surface area contributed by atoms with Crippen LogP contribution in [0.4, 0.5) is 0 Å². The summed E-state index contributed by atoms with van der Waals surface area (Å²) in [5.41, 5.74) is 5.58. The first-order chi connectivity index (χ1) is 6.20. The van der Waals surface area contributed by atoms with Crippen LogP contribution in [0.2, 0.25) is 0 Å². The summed E-state index contributed by atoms with van der Waals surface area (Å²) in [5, 5.41) is 9.04. The summed E-state index contributed by atoms with van der Waals surface area (Å²) in [6, 6.07) is 0. The van der Waals surface area contributed by atoms with Gasteiger partial charge in [-0.05, 0) is 12.8 Å². The van der Waals surface area contributed by atoms with Crippen LogP contribution in [0.15, 0.2) is 0 Å². The number of aliphatic hydroxyl groups excluding tert-OH is 1. The fourth-order valence-electron chi connectivity index (χ4n) is 1.74. The van der Waals surface area contributed by atoms with Gasteiger partial charge in [-0.25, -0.2) is 0 Å². The molecule has 1 unspecified atom stereocenters. The molecule has 0 amide bonds. The molecule has 1 saturated heterocycles. The molecule has 1 aliphatic rings. The van der Waals surface area contributed by atoms with Gasteiger partial charge in [0.1, 0.15) is 0 Å². The third-order valence-corrected chi connectivity index (χ3v) is 2.60. The molecule has 78 valence electrons. The molecule has 0 aromatic heterocycles. The molecule has 1 heterocycles. The number of hydrogen-bond acceptors (Lipinski definition) is 4. The van der Waals surface area contributed by atoms with E-state index in [9.17, 15) is 0 Å². The summed E-state index contributed by atoms with van der Waals surface area (Å²) in [5.74, 6) is 0. The van der Waals surface area contributed by atoms with Crippen molar-refractivity contribution in [2.45, 2.75) is 18.4 Å². The van der Waals surface area contributed by atoms with Gasteiger partial charge >= 0.3 is 0 Å². The average molecular weight is 188 g/mol. The zero-order valence-corrected chi connectivity index (χ0v) is 8.33. The SMILES string of the molecule is COCCCN1CCC(N)(CO)C1. The molecular formula is C9H20N2O2. The highest BCUT2D eigenvalue weighted by Gasteiger charge is 2.33. The fourth-order valence-corrected chi connectivity index (χ4v) is 1.74. The van der Waals surface area contributed by atoms with Gasteiger partial charge in [-0.1, -0.05) is 0 Å². The Kier molecular flexibility index (Phi) is 4.12. The van der Waals surface area contributed by atoms with E-state index in [1.807, 2.05) is 0 Å². The quantitative estimate of drug-likeness (QED) is 0.567. The van der Waals surface area contributed by atoms with Gasteiger partial charge in [-0.2, -0.15) is 0 Å². The Morgan fingerprint density at radius 2 is 2.38 bits per heavy atom. The van der Waals surface area contributed by atoms with Crippen LogP contribution in [-0.4, -0.2) is 55.5 Å². The van der Waals surface area contributed by atoms with Crippen LogP contribution in [0, 0.1) is 0 Å². The lowest BCUT2D eigenvalue weighted by Crippen LogP contribution is -2.46. The predicted octanol–water partition coefficient (Wildman–Crippen LogP) is -0.582. The van der Waals surface area contributed by atoms with Gasteiger partial charge < -0.3 is 20.5 Å². The molecule has 0 aromatic carbocycles. The summed E-state index contributed by atoms with van der Waals surface area (Å²) in [4.78, 5) is 2.29. The topological polar surface area (TPSA) is 58.7 Å². The molecule has 4 nitrogen and oxygen atoms in total. The summed E-state index contributed by atoms with van der Waals surface area (Å²) < 4.78 is 4.97. The highest BCUT2D eigenvalue weighted by atomic mass is 16.5. The van der Waals surface area contributed by atoms with Gasteiger partial charge in [0.2, 0.25) is 0 Å². The van der Waals surface area contributed by atoms with Crippen molar-refractivity contribution in [3.63, 3.8) is 0 Å². The number of hydrogen-bond donors (Lipinski definition) is 2. The van der Waals surface area contributed by atoms with Crippen molar-refractivity contribution in [2.75, 3.05) is 40.0 Å². The van der Waals surface area contributed by atoms with Crippen molar-refractivity contribution in [3.8, 4) is 0 Å². The first-order valence-electron chi connectivity index (χ1n) is 4.81. The number of methoxy groups -OCH3 is 1. The summed E-state index contributed by atoms with van der Waals surface area (Å²) >= 11 is 0. The molecule has 1 fully saturated rings. The van der Waals surface area contributed by atoms with Crippen LogP contribution in [0.25, 0.3) is 0 Å². The largest absolute Gasteiger partial charge is 0.394 e. The Hall–Kier alpha value is -0.160. The molecule has 0 aliphatic carbocycles. The summed E-state index contributed by atoms with van der Waals surface area (Å²) in [6.07, 6.45) is 1.94. The van der Waals surface area contributed by atoms with Crippen molar-refractivity contribution in [1.82, 2.24) is 4.90 Å². The first kappa shape index (κ1) is 10.9. The zero-order valence-electron chi connectivity index (χ0n) is 8.33. The molecule has 3 N–H and O–H groups in total. The van der Waals surface area contributed by atoms with E-state index in [0.717, 1.165) is 39.1 Å². The minimum absolute atomic E-state index is 0.0910. The lowest BCUT2D eigenvalue weighted by atomic mass is 10.0. The number of nitrogens with two attached hydrogens (primary N) is 1. The maximum absolute atomic E-state index is 9.04. The van der Waals surface area contributed by atoms with Crippen LogP contribution in [-0.2, 0) is 4.74 Å². The lowest BCUT2D eigenvalue weighted by molar-refractivity contribution is 0.168. The Labute approximate surface area is 79.7 Å². The van der Waals surface area contributed by atoms with E-state index < -0.39 is 0 Å². The average Bonchev–Trinajstić information content (AvgIpc) is 2.50. The standard InChI is InChI=1S/C9H20N2O2/c1-13-6-2-4-11-5-3-9(10,7-11)8-12/h12H,2-8,10H2,1H3. The zero-order chi connectivity index (χ0) is 9.73. The van der Waals surface area contributed by atoms with Gasteiger partial charge in [0.05, 0.1) is 12.1 Å². The Morgan fingerprint density at radius 1 is 1.62 bits per heavy atom. The highest BCUT2D eigenvalue weighted by molar-refractivity contribution is 4.93. The van der Waals surface area contributed by atoms with E-state index >= 15 is 0 Å². The van der Waals surface area contributed by atoms with Crippen LogP contribution in [0.5, 0.6) is 0 Å². The monoisotopic (exact) mass is 188 g/mol. The smallest absolute Gasteiger partial charge is 0.0624 e. The molecule has 1 atom stereocenters. The van der Waals surface area contributed by atoms with Crippen LogP contribution >= 0.6 is 0 Å². The number of ether oxygens (including phenoxy) is 1.